The molecule has 5 rings (SSSR count). The zero-order valence-corrected chi connectivity index (χ0v) is 19.1. The van der Waals surface area contributed by atoms with E-state index in [1.807, 2.05) is 12.2 Å². The van der Waals surface area contributed by atoms with Crippen LogP contribution < -0.4 is 0 Å². The molecule has 4 aliphatic carbocycles. The van der Waals surface area contributed by atoms with Gasteiger partial charge in [-0.15, -0.1) is 0 Å². The van der Waals surface area contributed by atoms with E-state index in [2.05, 4.69) is 11.8 Å². The van der Waals surface area contributed by atoms with Crippen molar-refractivity contribution in [3.05, 3.63) is 35.5 Å². The Balaban J connectivity index is 1.16. The van der Waals surface area contributed by atoms with Crippen LogP contribution >= 0.6 is 0 Å². The fourth-order valence-corrected chi connectivity index (χ4v) is 6.39. The smallest absolute Gasteiger partial charge is 0.158 e. The summed E-state index contributed by atoms with van der Waals surface area (Å²) in [4.78, 5) is 0. The van der Waals surface area contributed by atoms with Gasteiger partial charge in [-0.1, -0.05) is 49.3 Å². The largest absolute Gasteiger partial charge is 0.372 e. The second-order valence-electron chi connectivity index (χ2n) is 10.6. The Morgan fingerprint density at radius 1 is 0.848 bits per heavy atom. The van der Waals surface area contributed by atoms with E-state index < -0.39 is 35.8 Å². The van der Waals surface area contributed by atoms with Gasteiger partial charge in [-0.05, 0) is 62.4 Å². The molecule has 3 fully saturated rings. The van der Waals surface area contributed by atoms with Gasteiger partial charge in [0, 0.05) is 17.8 Å². The van der Waals surface area contributed by atoms with Crippen LogP contribution in [0.3, 0.4) is 0 Å². The molecule has 0 bridgehead atoms. The Hall–Kier alpha value is -1.54. The first-order chi connectivity index (χ1) is 16.0. The van der Waals surface area contributed by atoms with Gasteiger partial charge < -0.3 is 4.74 Å². The highest BCUT2D eigenvalue weighted by Crippen LogP contribution is 2.44. The van der Waals surface area contributed by atoms with Gasteiger partial charge >= 0.3 is 0 Å². The molecular formula is C28H34F4O. The molecule has 6 atom stereocenters. The highest BCUT2D eigenvalue weighted by atomic mass is 19.2. The Kier molecular flexibility index (Phi) is 7.02. The lowest BCUT2D eigenvalue weighted by Gasteiger charge is -2.35. The lowest BCUT2D eigenvalue weighted by atomic mass is 9.72. The number of ether oxygens (including phenoxy) is 1. The van der Waals surface area contributed by atoms with E-state index in [1.54, 1.807) is 6.08 Å². The zero-order valence-electron chi connectivity index (χ0n) is 19.1. The molecule has 5 heteroatoms. The van der Waals surface area contributed by atoms with E-state index in [-0.39, 0.29) is 29.8 Å². The van der Waals surface area contributed by atoms with Crippen LogP contribution in [0.2, 0.25) is 0 Å². The molecule has 0 aromatic rings. The maximum atomic E-state index is 14.9. The molecule has 0 aromatic carbocycles. The number of allylic oxidation sites excluding steroid dienone is 5. The quantitative estimate of drug-likeness (QED) is 0.185. The average Bonchev–Trinajstić information content (AvgIpc) is 3.68. The molecule has 33 heavy (non-hydrogen) atoms. The number of alkyl halides is 2. The van der Waals surface area contributed by atoms with Crippen molar-refractivity contribution in [2.24, 2.45) is 35.5 Å². The molecule has 0 amide bonds. The third kappa shape index (κ3) is 4.97. The van der Waals surface area contributed by atoms with E-state index in [9.17, 15) is 17.6 Å². The maximum absolute atomic E-state index is 14.9. The van der Waals surface area contributed by atoms with E-state index in [0.717, 1.165) is 51.4 Å². The van der Waals surface area contributed by atoms with Crippen LogP contribution in [-0.2, 0) is 4.74 Å². The summed E-state index contributed by atoms with van der Waals surface area (Å²) >= 11 is 0. The normalized spacial score (nSPS) is 41.9. The summed E-state index contributed by atoms with van der Waals surface area (Å²) in [5.41, 5.74) is 0.504. The molecular weight excluding hydrogens is 428 g/mol. The molecule has 1 nitrogen and oxygen atoms in total. The summed E-state index contributed by atoms with van der Waals surface area (Å²) in [5, 5.41) is 0. The molecule has 1 heterocycles. The van der Waals surface area contributed by atoms with Gasteiger partial charge in [0.1, 0.15) is 18.2 Å². The SMILES string of the molecule is FC1=C(F)C(C2CO2)CC=C1C1CCC(C#CC2C=CC(C3CCCCC3)C(F)C2F)CC1. The van der Waals surface area contributed by atoms with E-state index >= 15 is 0 Å². The van der Waals surface area contributed by atoms with Gasteiger partial charge in [-0.2, -0.15) is 0 Å². The fraction of sp³-hybridized carbons (Fsp3) is 0.714. The van der Waals surface area contributed by atoms with Crippen LogP contribution in [-0.4, -0.2) is 25.1 Å². The molecule has 0 N–H and O–H groups in total. The molecule has 0 radical (unpaired) electrons. The molecule has 6 unspecified atom stereocenters. The highest BCUT2D eigenvalue weighted by Gasteiger charge is 2.41. The van der Waals surface area contributed by atoms with Crippen LogP contribution in [0.15, 0.2) is 35.5 Å². The lowest BCUT2D eigenvalue weighted by molar-refractivity contribution is 0.0671. The second-order valence-corrected chi connectivity index (χ2v) is 10.6. The highest BCUT2D eigenvalue weighted by molar-refractivity contribution is 5.36. The number of epoxide rings is 1. The zero-order chi connectivity index (χ0) is 22.9. The third-order valence-electron chi connectivity index (χ3n) is 8.56. The number of halogens is 4. The fourth-order valence-electron chi connectivity index (χ4n) is 6.39. The van der Waals surface area contributed by atoms with Crippen molar-refractivity contribution in [2.75, 3.05) is 6.61 Å². The number of hydrogen-bond donors (Lipinski definition) is 0. The summed E-state index contributed by atoms with van der Waals surface area (Å²) in [6, 6.07) is 0. The van der Waals surface area contributed by atoms with E-state index in [0.29, 0.717) is 18.6 Å². The second kappa shape index (κ2) is 9.98. The first kappa shape index (κ1) is 23.2. The Morgan fingerprint density at radius 2 is 1.58 bits per heavy atom. The minimum atomic E-state index is -1.57. The topological polar surface area (TPSA) is 12.5 Å². The summed E-state index contributed by atoms with van der Waals surface area (Å²) in [6.45, 7) is 0.513. The summed E-state index contributed by atoms with van der Waals surface area (Å²) in [6.07, 6.45) is 11.3. The first-order valence-electron chi connectivity index (χ1n) is 12.9. The van der Waals surface area contributed by atoms with Crippen LogP contribution in [0.4, 0.5) is 17.6 Å². The molecule has 0 spiro atoms. The van der Waals surface area contributed by atoms with Crippen molar-refractivity contribution in [3.8, 4) is 11.8 Å². The molecule has 2 saturated carbocycles. The van der Waals surface area contributed by atoms with Gasteiger partial charge in [0.2, 0.25) is 0 Å². The van der Waals surface area contributed by atoms with Gasteiger partial charge in [0.15, 0.2) is 5.83 Å². The standard InChI is InChI=1S/C28H34F4O/c29-25-20(12-13-21(26(25)30)18-4-2-1-3-5-18)11-8-17-6-9-19(10-7-17)22-14-15-23(24-16-33-24)28(32)27(22)31/h12-14,17-21,23-26H,1-7,9-10,15-16H2. The van der Waals surface area contributed by atoms with Crippen LogP contribution in [0, 0.1) is 47.3 Å². The Morgan fingerprint density at radius 3 is 2.27 bits per heavy atom. The van der Waals surface area contributed by atoms with Crippen LogP contribution in [0.1, 0.15) is 64.2 Å². The Bertz CT molecular complexity index is 862. The third-order valence-corrected chi connectivity index (χ3v) is 8.56. The monoisotopic (exact) mass is 462 g/mol. The molecule has 180 valence electrons. The average molecular weight is 463 g/mol. The summed E-state index contributed by atoms with van der Waals surface area (Å²) < 4.78 is 64.0. The minimum absolute atomic E-state index is 0.00449. The van der Waals surface area contributed by atoms with Gasteiger partial charge in [-0.3, -0.25) is 0 Å². The van der Waals surface area contributed by atoms with Crippen molar-refractivity contribution >= 4 is 0 Å². The molecule has 1 aliphatic heterocycles. The summed E-state index contributed by atoms with van der Waals surface area (Å²) in [7, 11) is 0. The molecule has 1 saturated heterocycles. The summed E-state index contributed by atoms with van der Waals surface area (Å²) in [5.74, 6) is 3.75. The van der Waals surface area contributed by atoms with Crippen LogP contribution in [0.25, 0.3) is 0 Å². The van der Waals surface area contributed by atoms with E-state index in [1.165, 1.54) is 6.42 Å². The van der Waals surface area contributed by atoms with Crippen molar-refractivity contribution in [1.29, 1.82) is 0 Å². The van der Waals surface area contributed by atoms with Crippen molar-refractivity contribution in [2.45, 2.75) is 82.7 Å². The Labute approximate surface area is 194 Å². The molecule has 5 aliphatic rings. The number of rotatable bonds is 3. The van der Waals surface area contributed by atoms with Crippen molar-refractivity contribution in [1.82, 2.24) is 0 Å². The van der Waals surface area contributed by atoms with Crippen LogP contribution in [0.5, 0.6) is 0 Å². The van der Waals surface area contributed by atoms with E-state index in [4.69, 9.17) is 4.74 Å². The van der Waals surface area contributed by atoms with Gasteiger partial charge in [0.05, 0.1) is 18.6 Å². The molecule has 0 aromatic heterocycles. The lowest BCUT2D eigenvalue weighted by Crippen LogP contribution is -2.38. The predicted molar refractivity (Wildman–Crippen MR) is 121 cm³/mol. The van der Waals surface area contributed by atoms with Crippen molar-refractivity contribution < 1.29 is 22.3 Å². The van der Waals surface area contributed by atoms with Gasteiger partial charge in [-0.25, -0.2) is 17.6 Å². The maximum Gasteiger partial charge on any atom is 0.158 e. The first-order valence-corrected chi connectivity index (χ1v) is 12.9. The van der Waals surface area contributed by atoms with Crippen molar-refractivity contribution in [3.63, 3.8) is 0 Å². The number of hydrogen-bond acceptors (Lipinski definition) is 1. The minimum Gasteiger partial charge on any atom is -0.372 e. The predicted octanol–water partition coefficient (Wildman–Crippen LogP) is 7.35. The van der Waals surface area contributed by atoms with Gasteiger partial charge in [0.25, 0.3) is 0 Å².